The number of furan rings is 1. The Morgan fingerprint density at radius 3 is 3.09 bits per heavy atom. The third-order valence-electron chi connectivity index (χ3n) is 4.02. The number of thiazole rings is 1. The molecular weight excluding hydrogens is 316 g/mol. The first-order valence-electron chi connectivity index (χ1n) is 7.64. The van der Waals surface area contributed by atoms with Crippen molar-refractivity contribution in [2.24, 2.45) is 5.92 Å². The van der Waals surface area contributed by atoms with E-state index in [1.54, 1.807) is 18.5 Å². The van der Waals surface area contributed by atoms with Crippen LogP contribution in [0.3, 0.4) is 0 Å². The maximum Gasteiger partial charge on any atom is 0.303 e. The first-order chi connectivity index (χ1) is 11.1. The molecule has 0 saturated carbocycles. The fourth-order valence-electron chi connectivity index (χ4n) is 2.86. The van der Waals surface area contributed by atoms with Crippen molar-refractivity contribution in [1.82, 2.24) is 9.88 Å². The van der Waals surface area contributed by atoms with Gasteiger partial charge in [0.1, 0.15) is 4.88 Å². The summed E-state index contributed by atoms with van der Waals surface area (Å²) in [6.07, 6.45) is 5.86. The number of piperidine rings is 1. The Kier molecular flexibility index (Phi) is 4.76. The Hall–Kier alpha value is -2.15. The Balaban J connectivity index is 1.64. The number of likely N-dealkylation sites (tertiary alicyclic amines) is 1. The van der Waals surface area contributed by atoms with Crippen molar-refractivity contribution in [2.75, 3.05) is 13.1 Å². The van der Waals surface area contributed by atoms with Crippen molar-refractivity contribution in [1.29, 1.82) is 0 Å². The minimum absolute atomic E-state index is 0.0275. The minimum atomic E-state index is -0.779. The number of aliphatic carboxylic acids is 1. The summed E-state index contributed by atoms with van der Waals surface area (Å²) < 4.78 is 5.30. The second-order valence-electron chi connectivity index (χ2n) is 5.70. The van der Waals surface area contributed by atoms with Gasteiger partial charge in [0.25, 0.3) is 5.91 Å². The van der Waals surface area contributed by atoms with Crippen molar-refractivity contribution in [3.63, 3.8) is 0 Å². The SMILES string of the molecule is O=C(O)CCC1CCCN(C(=O)c2cnc(-c3ccco3)s2)C1. The fourth-order valence-corrected chi connectivity index (χ4v) is 3.71. The van der Waals surface area contributed by atoms with Crippen LogP contribution in [0.15, 0.2) is 29.0 Å². The van der Waals surface area contributed by atoms with E-state index >= 15 is 0 Å². The molecule has 1 aliphatic heterocycles. The standard InChI is InChI=1S/C16H18N2O4S/c19-14(20)6-5-11-3-1-7-18(10-11)16(21)13-9-17-15(23-13)12-4-2-8-22-12/h2,4,8-9,11H,1,3,5-7,10H2,(H,19,20). The van der Waals surface area contributed by atoms with Crippen LogP contribution in [-0.4, -0.2) is 40.0 Å². The molecule has 1 N–H and O–H groups in total. The van der Waals surface area contributed by atoms with Gasteiger partial charge in [-0.1, -0.05) is 0 Å². The van der Waals surface area contributed by atoms with Gasteiger partial charge >= 0.3 is 5.97 Å². The van der Waals surface area contributed by atoms with E-state index in [1.165, 1.54) is 11.3 Å². The Morgan fingerprint density at radius 2 is 2.35 bits per heavy atom. The van der Waals surface area contributed by atoms with E-state index < -0.39 is 5.97 Å². The molecule has 1 saturated heterocycles. The maximum atomic E-state index is 12.6. The van der Waals surface area contributed by atoms with Crippen LogP contribution in [-0.2, 0) is 4.79 Å². The van der Waals surface area contributed by atoms with Crippen LogP contribution in [0.25, 0.3) is 10.8 Å². The van der Waals surface area contributed by atoms with Crippen LogP contribution in [0.4, 0.5) is 0 Å². The summed E-state index contributed by atoms with van der Waals surface area (Å²) in [6.45, 7) is 1.34. The molecule has 0 radical (unpaired) electrons. The molecule has 0 aromatic carbocycles. The summed E-state index contributed by atoms with van der Waals surface area (Å²) in [5.74, 6) is 0.118. The van der Waals surface area contributed by atoms with E-state index in [9.17, 15) is 9.59 Å². The zero-order chi connectivity index (χ0) is 16.2. The van der Waals surface area contributed by atoms with Crippen molar-refractivity contribution < 1.29 is 19.1 Å². The minimum Gasteiger partial charge on any atom is -0.481 e. The van der Waals surface area contributed by atoms with Gasteiger partial charge in [-0.2, -0.15) is 0 Å². The second kappa shape index (κ2) is 6.95. The third kappa shape index (κ3) is 3.79. The highest BCUT2D eigenvalue weighted by molar-refractivity contribution is 7.16. The molecule has 1 amide bonds. The molecule has 0 spiro atoms. The predicted octanol–water partition coefficient (Wildman–Crippen LogP) is 3.12. The monoisotopic (exact) mass is 334 g/mol. The van der Waals surface area contributed by atoms with Gasteiger partial charge in [-0.3, -0.25) is 9.59 Å². The summed E-state index contributed by atoms with van der Waals surface area (Å²) in [6, 6.07) is 3.60. The normalized spacial score (nSPS) is 18.1. The van der Waals surface area contributed by atoms with Gasteiger partial charge in [0, 0.05) is 19.5 Å². The lowest BCUT2D eigenvalue weighted by molar-refractivity contribution is -0.137. The fraction of sp³-hybridized carbons (Fsp3) is 0.438. The Bertz CT molecular complexity index is 680. The molecule has 1 aliphatic rings. The molecule has 3 rings (SSSR count). The Morgan fingerprint density at radius 1 is 1.48 bits per heavy atom. The average Bonchev–Trinajstić information content (AvgIpc) is 3.23. The molecule has 3 heterocycles. The molecular formula is C16H18N2O4S. The van der Waals surface area contributed by atoms with Gasteiger partial charge in [-0.05, 0) is 37.3 Å². The summed E-state index contributed by atoms with van der Waals surface area (Å²) in [5, 5.41) is 9.49. The zero-order valence-electron chi connectivity index (χ0n) is 12.6. The number of hydrogen-bond donors (Lipinski definition) is 1. The van der Waals surface area contributed by atoms with Crippen LogP contribution >= 0.6 is 11.3 Å². The third-order valence-corrected chi connectivity index (χ3v) is 5.02. The van der Waals surface area contributed by atoms with Crippen LogP contribution in [0.2, 0.25) is 0 Å². The number of aromatic nitrogens is 1. The smallest absolute Gasteiger partial charge is 0.303 e. The van der Waals surface area contributed by atoms with Gasteiger partial charge in [0.15, 0.2) is 10.8 Å². The number of carboxylic acid groups (broad SMARTS) is 1. The molecule has 7 heteroatoms. The highest BCUT2D eigenvalue weighted by Crippen LogP contribution is 2.28. The first kappa shape index (κ1) is 15.7. The zero-order valence-corrected chi connectivity index (χ0v) is 13.4. The van der Waals surface area contributed by atoms with E-state index in [0.29, 0.717) is 28.6 Å². The lowest BCUT2D eigenvalue weighted by atomic mass is 9.93. The van der Waals surface area contributed by atoms with Gasteiger partial charge < -0.3 is 14.4 Å². The summed E-state index contributed by atoms with van der Waals surface area (Å²) in [5.41, 5.74) is 0. The van der Waals surface area contributed by atoms with Crippen LogP contribution in [0.1, 0.15) is 35.4 Å². The van der Waals surface area contributed by atoms with Gasteiger partial charge in [0.05, 0.1) is 12.5 Å². The topological polar surface area (TPSA) is 83.6 Å². The van der Waals surface area contributed by atoms with E-state index in [-0.39, 0.29) is 18.2 Å². The van der Waals surface area contributed by atoms with E-state index in [1.807, 2.05) is 11.0 Å². The number of carbonyl (C=O) groups is 2. The Labute approximate surface area is 137 Å². The molecule has 1 unspecified atom stereocenters. The van der Waals surface area contributed by atoms with Crippen molar-refractivity contribution in [2.45, 2.75) is 25.7 Å². The van der Waals surface area contributed by atoms with E-state index in [4.69, 9.17) is 9.52 Å². The first-order valence-corrected chi connectivity index (χ1v) is 8.46. The summed E-state index contributed by atoms with van der Waals surface area (Å²) in [4.78, 5) is 30.0. The summed E-state index contributed by atoms with van der Waals surface area (Å²) >= 11 is 1.32. The number of carbonyl (C=O) groups excluding carboxylic acids is 1. The van der Waals surface area contributed by atoms with Gasteiger partial charge in [0.2, 0.25) is 0 Å². The molecule has 2 aromatic heterocycles. The molecule has 1 fully saturated rings. The number of amides is 1. The molecule has 0 aliphatic carbocycles. The molecule has 2 aromatic rings. The number of carboxylic acids is 1. The van der Waals surface area contributed by atoms with Crippen molar-refractivity contribution >= 4 is 23.2 Å². The number of rotatable bonds is 5. The number of hydrogen-bond acceptors (Lipinski definition) is 5. The lowest BCUT2D eigenvalue weighted by Gasteiger charge is -2.32. The van der Waals surface area contributed by atoms with Gasteiger partial charge in [-0.25, -0.2) is 4.98 Å². The molecule has 0 bridgehead atoms. The van der Waals surface area contributed by atoms with Crippen LogP contribution in [0, 0.1) is 5.92 Å². The maximum absolute atomic E-state index is 12.6. The highest BCUT2D eigenvalue weighted by Gasteiger charge is 2.26. The predicted molar refractivity (Wildman–Crippen MR) is 85.3 cm³/mol. The van der Waals surface area contributed by atoms with Crippen LogP contribution < -0.4 is 0 Å². The summed E-state index contributed by atoms with van der Waals surface area (Å²) in [7, 11) is 0. The number of nitrogens with zero attached hydrogens (tertiary/aromatic N) is 2. The van der Waals surface area contributed by atoms with E-state index in [0.717, 1.165) is 19.4 Å². The van der Waals surface area contributed by atoms with E-state index in [2.05, 4.69) is 4.98 Å². The largest absolute Gasteiger partial charge is 0.481 e. The van der Waals surface area contributed by atoms with Crippen molar-refractivity contribution in [3.8, 4) is 10.8 Å². The molecule has 1 atom stereocenters. The second-order valence-corrected chi connectivity index (χ2v) is 6.73. The molecule has 23 heavy (non-hydrogen) atoms. The van der Waals surface area contributed by atoms with Gasteiger partial charge in [-0.15, -0.1) is 11.3 Å². The quantitative estimate of drug-likeness (QED) is 0.908. The lowest BCUT2D eigenvalue weighted by Crippen LogP contribution is -2.39. The average molecular weight is 334 g/mol. The highest BCUT2D eigenvalue weighted by atomic mass is 32.1. The molecule has 6 nitrogen and oxygen atoms in total. The van der Waals surface area contributed by atoms with Crippen molar-refractivity contribution in [3.05, 3.63) is 29.5 Å². The molecule has 122 valence electrons. The van der Waals surface area contributed by atoms with Crippen LogP contribution in [0.5, 0.6) is 0 Å².